The zero-order valence-corrected chi connectivity index (χ0v) is 13.5. The summed E-state index contributed by atoms with van der Waals surface area (Å²) in [4.78, 5) is 12.2. The standard InChI is InChI=1S/C15H21O5P/c1-4-19-21(17,20-5-2)12-8-9-13(14(10-12)18-3)15(16)11-6-7-11/h8-11H,4-7H2,1-3H3. The molecule has 6 heteroatoms. The minimum atomic E-state index is -3.36. The first kappa shape index (κ1) is 16.2. The van der Waals surface area contributed by atoms with Gasteiger partial charge in [0.2, 0.25) is 0 Å². The van der Waals surface area contributed by atoms with Gasteiger partial charge in [-0.15, -0.1) is 0 Å². The Morgan fingerprint density at radius 2 is 1.86 bits per heavy atom. The first-order valence-corrected chi connectivity index (χ1v) is 8.72. The summed E-state index contributed by atoms with van der Waals surface area (Å²) < 4.78 is 28.6. The zero-order chi connectivity index (χ0) is 15.5. The number of ketones is 1. The molecule has 5 nitrogen and oxygen atoms in total. The number of benzene rings is 1. The van der Waals surface area contributed by atoms with Crippen LogP contribution in [0.25, 0.3) is 0 Å². The maximum atomic E-state index is 12.7. The van der Waals surface area contributed by atoms with Crippen molar-refractivity contribution in [3.05, 3.63) is 23.8 Å². The SMILES string of the molecule is CCOP(=O)(OCC)c1ccc(C(=O)C2CC2)c(OC)c1. The normalized spacial score (nSPS) is 15.0. The second-order valence-electron chi connectivity index (χ2n) is 4.86. The van der Waals surface area contributed by atoms with Crippen LogP contribution in [0.1, 0.15) is 37.0 Å². The van der Waals surface area contributed by atoms with Gasteiger partial charge in [-0.2, -0.15) is 0 Å². The molecule has 0 unspecified atom stereocenters. The molecule has 0 spiro atoms. The topological polar surface area (TPSA) is 61.8 Å². The van der Waals surface area contributed by atoms with E-state index in [9.17, 15) is 9.36 Å². The lowest BCUT2D eigenvalue weighted by molar-refractivity contribution is 0.0964. The van der Waals surface area contributed by atoms with E-state index in [0.717, 1.165) is 12.8 Å². The lowest BCUT2D eigenvalue weighted by atomic mass is 10.1. The fourth-order valence-electron chi connectivity index (χ4n) is 2.15. The summed E-state index contributed by atoms with van der Waals surface area (Å²) in [5.41, 5.74) is 0.531. The Labute approximate surface area is 125 Å². The lowest BCUT2D eigenvalue weighted by Crippen LogP contribution is -2.13. The molecule has 0 saturated heterocycles. The van der Waals surface area contributed by atoms with Crippen LogP contribution >= 0.6 is 7.60 Å². The summed E-state index contributed by atoms with van der Waals surface area (Å²) in [6.45, 7) is 4.08. The second kappa shape index (κ2) is 6.73. The minimum absolute atomic E-state index is 0.0843. The molecule has 0 heterocycles. The fourth-order valence-corrected chi connectivity index (χ4v) is 3.73. The van der Waals surface area contributed by atoms with Crippen molar-refractivity contribution in [3.8, 4) is 5.75 Å². The molecule has 0 radical (unpaired) electrons. The molecule has 0 amide bonds. The fraction of sp³-hybridized carbons (Fsp3) is 0.533. The van der Waals surface area contributed by atoms with Crippen LogP contribution in [0.15, 0.2) is 18.2 Å². The first-order valence-electron chi connectivity index (χ1n) is 7.17. The quantitative estimate of drug-likeness (QED) is 0.545. The molecule has 2 rings (SSSR count). The Morgan fingerprint density at radius 1 is 1.24 bits per heavy atom. The number of Topliss-reactive ketones (excluding diaryl/α,β-unsaturated/α-hetero) is 1. The number of rotatable bonds is 8. The monoisotopic (exact) mass is 312 g/mol. The maximum Gasteiger partial charge on any atom is 0.361 e. The maximum absolute atomic E-state index is 12.7. The van der Waals surface area contributed by atoms with Gasteiger partial charge in [-0.3, -0.25) is 9.36 Å². The van der Waals surface area contributed by atoms with E-state index in [1.54, 1.807) is 32.0 Å². The van der Waals surface area contributed by atoms with Gasteiger partial charge in [0.25, 0.3) is 0 Å². The van der Waals surface area contributed by atoms with Crippen LogP contribution in [-0.4, -0.2) is 26.1 Å². The van der Waals surface area contributed by atoms with E-state index in [4.69, 9.17) is 13.8 Å². The first-order chi connectivity index (χ1) is 10.1. The van der Waals surface area contributed by atoms with E-state index < -0.39 is 7.60 Å². The van der Waals surface area contributed by atoms with E-state index in [-0.39, 0.29) is 24.9 Å². The van der Waals surface area contributed by atoms with Crippen molar-refractivity contribution in [2.45, 2.75) is 26.7 Å². The average Bonchev–Trinajstić information content (AvgIpc) is 3.31. The Morgan fingerprint density at radius 3 is 2.33 bits per heavy atom. The molecule has 0 N–H and O–H groups in total. The molecule has 21 heavy (non-hydrogen) atoms. The average molecular weight is 312 g/mol. The van der Waals surface area contributed by atoms with Crippen LogP contribution in [0.5, 0.6) is 5.75 Å². The molecular formula is C15H21O5P. The van der Waals surface area contributed by atoms with Crippen molar-refractivity contribution < 1.29 is 23.1 Å². The molecule has 0 aromatic heterocycles. The minimum Gasteiger partial charge on any atom is -0.496 e. The molecular weight excluding hydrogens is 291 g/mol. The van der Waals surface area contributed by atoms with Gasteiger partial charge in [0.1, 0.15) is 5.75 Å². The third kappa shape index (κ3) is 3.54. The zero-order valence-electron chi connectivity index (χ0n) is 12.6. The van der Waals surface area contributed by atoms with Crippen LogP contribution in [0.2, 0.25) is 0 Å². The summed E-state index contributed by atoms with van der Waals surface area (Å²) in [7, 11) is -1.87. The van der Waals surface area contributed by atoms with Gasteiger partial charge < -0.3 is 13.8 Å². The van der Waals surface area contributed by atoms with E-state index in [2.05, 4.69) is 0 Å². The van der Waals surface area contributed by atoms with Gasteiger partial charge in [0.05, 0.1) is 31.2 Å². The van der Waals surface area contributed by atoms with Gasteiger partial charge in [0, 0.05) is 5.92 Å². The summed E-state index contributed by atoms with van der Waals surface area (Å²) in [6, 6.07) is 4.87. The largest absolute Gasteiger partial charge is 0.496 e. The molecule has 1 fully saturated rings. The molecule has 1 aliphatic rings. The van der Waals surface area contributed by atoms with E-state index in [0.29, 0.717) is 16.6 Å². The van der Waals surface area contributed by atoms with Gasteiger partial charge in [-0.05, 0) is 44.9 Å². The molecule has 0 aliphatic heterocycles. The van der Waals surface area contributed by atoms with Crippen molar-refractivity contribution in [3.63, 3.8) is 0 Å². The molecule has 1 aliphatic carbocycles. The Hall–Kier alpha value is -1.16. The van der Waals surface area contributed by atoms with Crippen molar-refractivity contribution >= 4 is 18.7 Å². The number of carbonyl (C=O) groups is 1. The number of hydrogen-bond donors (Lipinski definition) is 0. The van der Waals surface area contributed by atoms with Crippen molar-refractivity contribution in [1.29, 1.82) is 0 Å². The highest BCUT2D eigenvalue weighted by Gasteiger charge is 2.33. The van der Waals surface area contributed by atoms with Crippen molar-refractivity contribution in [2.24, 2.45) is 5.92 Å². The highest BCUT2D eigenvalue weighted by atomic mass is 31.2. The predicted octanol–water partition coefficient (Wildman–Crippen LogP) is 3.18. The lowest BCUT2D eigenvalue weighted by Gasteiger charge is -2.18. The van der Waals surface area contributed by atoms with Crippen LogP contribution in [0, 0.1) is 5.92 Å². The highest BCUT2D eigenvalue weighted by Crippen LogP contribution is 2.47. The predicted molar refractivity (Wildman–Crippen MR) is 80.5 cm³/mol. The van der Waals surface area contributed by atoms with E-state index in [1.165, 1.54) is 7.11 Å². The van der Waals surface area contributed by atoms with Crippen LogP contribution in [-0.2, 0) is 13.6 Å². The summed E-state index contributed by atoms with van der Waals surface area (Å²) >= 11 is 0. The van der Waals surface area contributed by atoms with Crippen molar-refractivity contribution in [2.75, 3.05) is 20.3 Å². The number of hydrogen-bond acceptors (Lipinski definition) is 5. The van der Waals surface area contributed by atoms with Crippen molar-refractivity contribution in [1.82, 2.24) is 0 Å². The molecule has 116 valence electrons. The number of ether oxygens (including phenoxy) is 1. The second-order valence-corrected chi connectivity index (χ2v) is 6.88. The van der Waals surface area contributed by atoms with E-state index in [1.807, 2.05) is 0 Å². The summed E-state index contributed by atoms with van der Waals surface area (Å²) in [5, 5.41) is 0.412. The highest BCUT2D eigenvalue weighted by molar-refractivity contribution is 7.62. The van der Waals surface area contributed by atoms with Gasteiger partial charge in [0.15, 0.2) is 5.78 Å². The van der Waals surface area contributed by atoms with Crippen LogP contribution in [0.3, 0.4) is 0 Å². The van der Waals surface area contributed by atoms with Crippen LogP contribution in [0.4, 0.5) is 0 Å². The molecule has 1 aromatic carbocycles. The van der Waals surface area contributed by atoms with Gasteiger partial charge in [-0.1, -0.05) is 0 Å². The van der Waals surface area contributed by atoms with Gasteiger partial charge in [-0.25, -0.2) is 0 Å². The van der Waals surface area contributed by atoms with Crippen LogP contribution < -0.4 is 10.0 Å². The summed E-state index contributed by atoms with van der Waals surface area (Å²) in [5.74, 6) is 0.612. The number of methoxy groups -OCH3 is 1. The number of carbonyl (C=O) groups excluding carboxylic acids is 1. The molecule has 0 bridgehead atoms. The third-order valence-corrected chi connectivity index (χ3v) is 5.42. The Balaban J connectivity index is 2.37. The van der Waals surface area contributed by atoms with E-state index >= 15 is 0 Å². The summed E-state index contributed by atoms with van der Waals surface area (Å²) in [6.07, 6.45) is 1.86. The van der Waals surface area contributed by atoms with Gasteiger partial charge >= 0.3 is 7.60 Å². The third-order valence-electron chi connectivity index (χ3n) is 3.31. The Kier molecular flexibility index (Phi) is 5.20. The molecule has 1 aromatic rings. The Bertz CT molecular complexity index is 555. The molecule has 0 atom stereocenters. The smallest absolute Gasteiger partial charge is 0.361 e. The molecule has 1 saturated carbocycles.